The van der Waals surface area contributed by atoms with Gasteiger partial charge in [-0.2, -0.15) is 5.10 Å². The number of hydrogen-bond acceptors (Lipinski definition) is 5. The summed E-state index contributed by atoms with van der Waals surface area (Å²) in [6.07, 6.45) is 0.684. The molecule has 0 radical (unpaired) electrons. The van der Waals surface area contributed by atoms with Gasteiger partial charge in [0, 0.05) is 31.7 Å². The monoisotopic (exact) mass is 427 g/mol. The van der Waals surface area contributed by atoms with Gasteiger partial charge in [-0.15, -0.1) is 0 Å². The molecule has 0 aliphatic carbocycles. The van der Waals surface area contributed by atoms with Crippen LogP contribution in [0.5, 0.6) is 17.4 Å². The maximum atomic E-state index is 13.7. The Labute approximate surface area is 180 Å². The Morgan fingerprint density at radius 1 is 1.13 bits per heavy atom. The summed E-state index contributed by atoms with van der Waals surface area (Å²) in [7, 11) is 3.18. The predicted molar refractivity (Wildman–Crippen MR) is 115 cm³/mol. The maximum absolute atomic E-state index is 13.7. The number of methoxy groups -OCH3 is 2. The number of rotatable bonds is 10. The molecule has 1 amide bonds. The van der Waals surface area contributed by atoms with Crippen molar-refractivity contribution in [2.24, 2.45) is 0 Å². The second-order valence-corrected chi connectivity index (χ2v) is 6.88. The van der Waals surface area contributed by atoms with Crippen LogP contribution in [-0.4, -0.2) is 43.1 Å². The van der Waals surface area contributed by atoms with Gasteiger partial charge in [0.25, 0.3) is 0 Å². The number of hydrogen-bond donors (Lipinski definition) is 1. The minimum absolute atomic E-state index is 0.0923. The van der Waals surface area contributed by atoms with Crippen LogP contribution < -0.4 is 14.8 Å². The van der Waals surface area contributed by atoms with Gasteiger partial charge >= 0.3 is 0 Å². The molecule has 31 heavy (non-hydrogen) atoms. The minimum atomic E-state index is -0.399. The molecule has 3 rings (SSSR count). The van der Waals surface area contributed by atoms with Crippen LogP contribution >= 0.6 is 0 Å². The molecule has 164 valence electrons. The van der Waals surface area contributed by atoms with E-state index in [4.69, 9.17) is 14.2 Å². The van der Waals surface area contributed by atoms with Crippen LogP contribution in [0.4, 0.5) is 4.39 Å². The Kier molecular flexibility index (Phi) is 7.61. The van der Waals surface area contributed by atoms with E-state index >= 15 is 0 Å². The Hall–Kier alpha value is -3.39. The lowest BCUT2D eigenvalue weighted by Crippen LogP contribution is -2.27. The van der Waals surface area contributed by atoms with Crippen LogP contribution in [-0.2, 0) is 16.0 Å². The van der Waals surface area contributed by atoms with E-state index in [1.807, 2.05) is 31.2 Å². The largest absolute Gasteiger partial charge is 0.497 e. The molecule has 0 aliphatic heterocycles. The first kappa shape index (κ1) is 22.3. The third kappa shape index (κ3) is 5.82. The van der Waals surface area contributed by atoms with Crippen molar-refractivity contribution >= 4 is 5.91 Å². The van der Waals surface area contributed by atoms with Gasteiger partial charge < -0.3 is 19.5 Å². The lowest BCUT2D eigenvalue weighted by atomic mass is 10.1. The van der Waals surface area contributed by atoms with Gasteiger partial charge in [0.15, 0.2) is 0 Å². The molecule has 0 saturated carbocycles. The first-order chi connectivity index (χ1) is 15.0. The molecule has 7 nitrogen and oxygen atoms in total. The van der Waals surface area contributed by atoms with Crippen molar-refractivity contribution in [3.05, 3.63) is 65.6 Å². The lowest BCUT2D eigenvalue weighted by Gasteiger charge is -2.12. The van der Waals surface area contributed by atoms with Crippen molar-refractivity contribution < 1.29 is 23.4 Å². The molecular weight excluding hydrogens is 401 g/mol. The van der Waals surface area contributed by atoms with Gasteiger partial charge in [0.1, 0.15) is 17.3 Å². The van der Waals surface area contributed by atoms with Crippen molar-refractivity contribution in [3.8, 4) is 23.1 Å². The van der Waals surface area contributed by atoms with Crippen LogP contribution in [0.1, 0.15) is 17.7 Å². The summed E-state index contributed by atoms with van der Waals surface area (Å²) in [5.74, 6) is 1.01. The summed E-state index contributed by atoms with van der Waals surface area (Å²) in [5.41, 5.74) is 2.26. The number of nitrogens with one attached hydrogen (secondary N) is 1. The second kappa shape index (κ2) is 10.6. The standard InChI is InChI=1S/C23H26FN3O4/c1-16-21(11-12-22(28)25-13-14-29-2)23(31-20-6-4-5-17(24)15-20)27(26-16)18-7-9-19(30-3)10-8-18/h4-10,15H,11-14H2,1-3H3,(H,25,28). The Morgan fingerprint density at radius 2 is 1.90 bits per heavy atom. The highest BCUT2D eigenvalue weighted by Crippen LogP contribution is 2.32. The fourth-order valence-corrected chi connectivity index (χ4v) is 3.09. The Bertz CT molecular complexity index is 1020. The highest BCUT2D eigenvalue weighted by atomic mass is 19.1. The number of carbonyl (C=O) groups excluding carboxylic acids is 1. The normalized spacial score (nSPS) is 10.7. The summed E-state index contributed by atoms with van der Waals surface area (Å²) in [4.78, 5) is 12.2. The van der Waals surface area contributed by atoms with Gasteiger partial charge in [0.05, 0.1) is 25.1 Å². The van der Waals surface area contributed by atoms with Crippen LogP contribution in [0.3, 0.4) is 0 Å². The first-order valence-electron chi connectivity index (χ1n) is 9.93. The maximum Gasteiger partial charge on any atom is 0.226 e. The molecule has 0 unspecified atom stereocenters. The van der Waals surface area contributed by atoms with Crippen molar-refractivity contribution in [1.29, 1.82) is 0 Å². The SMILES string of the molecule is COCCNC(=O)CCc1c(C)nn(-c2ccc(OC)cc2)c1Oc1cccc(F)c1. The molecule has 0 spiro atoms. The van der Waals surface area contributed by atoms with E-state index < -0.39 is 5.82 Å². The fraction of sp³-hybridized carbons (Fsp3) is 0.304. The van der Waals surface area contributed by atoms with Crippen LogP contribution in [0, 0.1) is 12.7 Å². The van der Waals surface area contributed by atoms with Gasteiger partial charge in [-0.3, -0.25) is 4.79 Å². The molecule has 0 fully saturated rings. The molecular formula is C23H26FN3O4. The third-order valence-corrected chi connectivity index (χ3v) is 4.70. The predicted octanol–water partition coefficient (Wildman–Crippen LogP) is 3.82. The minimum Gasteiger partial charge on any atom is -0.497 e. The zero-order chi connectivity index (χ0) is 22.2. The van der Waals surface area contributed by atoms with Crippen molar-refractivity contribution in [2.45, 2.75) is 19.8 Å². The summed E-state index contributed by atoms with van der Waals surface area (Å²) < 4.78 is 31.6. The fourth-order valence-electron chi connectivity index (χ4n) is 3.09. The Morgan fingerprint density at radius 3 is 2.58 bits per heavy atom. The van der Waals surface area contributed by atoms with Gasteiger partial charge in [-0.25, -0.2) is 9.07 Å². The van der Waals surface area contributed by atoms with Gasteiger partial charge in [-0.1, -0.05) is 6.07 Å². The number of aryl methyl sites for hydroxylation is 1. The summed E-state index contributed by atoms with van der Waals surface area (Å²) in [5, 5.41) is 7.42. The number of carbonyl (C=O) groups is 1. The molecule has 1 N–H and O–H groups in total. The number of halogens is 1. The van der Waals surface area contributed by atoms with E-state index in [2.05, 4.69) is 10.4 Å². The van der Waals surface area contributed by atoms with E-state index in [0.717, 1.165) is 16.9 Å². The number of aromatic nitrogens is 2. The molecule has 0 saturated heterocycles. The zero-order valence-electron chi connectivity index (χ0n) is 17.9. The quantitative estimate of drug-likeness (QED) is 0.498. The molecule has 8 heteroatoms. The van der Waals surface area contributed by atoms with Crippen molar-refractivity contribution in [3.63, 3.8) is 0 Å². The molecule has 2 aromatic carbocycles. The smallest absolute Gasteiger partial charge is 0.226 e. The topological polar surface area (TPSA) is 74.6 Å². The van der Waals surface area contributed by atoms with Crippen molar-refractivity contribution in [1.82, 2.24) is 15.1 Å². The van der Waals surface area contributed by atoms with Gasteiger partial charge in [0.2, 0.25) is 11.8 Å². The van der Waals surface area contributed by atoms with E-state index in [1.54, 1.807) is 31.0 Å². The zero-order valence-corrected chi connectivity index (χ0v) is 17.9. The second-order valence-electron chi connectivity index (χ2n) is 6.88. The number of amides is 1. The highest BCUT2D eigenvalue weighted by molar-refractivity contribution is 5.76. The van der Waals surface area contributed by atoms with E-state index in [0.29, 0.717) is 37.0 Å². The number of ether oxygens (including phenoxy) is 3. The number of nitrogens with zero attached hydrogens (tertiary/aromatic N) is 2. The molecule has 1 heterocycles. The van der Waals surface area contributed by atoms with Gasteiger partial charge in [-0.05, 0) is 49.7 Å². The van der Waals surface area contributed by atoms with E-state index in [9.17, 15) is 9.18 Å². The van der Waals surface area contributed by atoms with E-state index in [1.165, 1.54) is 12.1 Å². The Balaban J connectivity index is 1.91. The molecule has 0 aliphatic rings. The summed E-state index contributed by atoms with van der Waals surface area (Å²) in [6, 6.07) is 13.3. The van der Waals surface area contributed by atoms with E-state index in [-0.39, 0.29) is 12.3 Å². The van der Waals surface area contributed by atoms with Crippen molar-refractivity contribution in [2.75, 3.05) is 27.4 Å². The van der Waals surface area contributed by atoms with Crippen LogP contribution in [0.15, 0.2) is 48.5 Å². The highest BCUT2D eigenvalue weighted by Gasteiger charge is 2.20. The third-order valence-electron chi connectivity index (χ3n) is 4.70. The molecule has 3 aromatic rings. The van der Waals surface area contributed by atoms with Crippen LogP contribution in [0.25, 0.3) is 5.69 Å². The lowest BCUT2D eigenvalue weighted by molar-refractivity contribution is -0.121. The first-order valence-corrected chi connectivity index (χ1v) is 9.93. The average Bonchev–Trinajstić information content (AvgIpc) is 3.07. The molecule has 1 aromatic heterocycles. The number of benzene rings is 2. The molecule has 0 atom stereocenters. The molecule has 0 bridgehead atoms. The summed E-state index contributed by atoms with van der Waals surface area (Å²) in [6.45, 7) is 2.76. The average molecular weight is 427 g/mol. The van der Waals surface area contributed by atoms with Crippen LogP contribution in [0.2, 0.25) is 0 Å². The summed E-state index contributed by atoms with van der Waals surface area (Å²) >= 11 is 0.